The molecule has 9 heteroatoms. The Morgan fingerprint density at radius 1 is 1.21 bits per heavy atom. The van der Waals surface area contributed by atoms with Gasteiger partial charge < -0.3 is 10.1 Å². The molecule has 1 N–H and O–H groups in total. The molecule has 3 rings (SSSR count). The molecule has 1 saturated heterocycles. The van der Waals surface area contributed by atoms with E-state index in [2.05, 4.69) is 5.32 Å². The van der Waals surface area contributed by atoms with E-state index in [1.807, 2.05) is 0 Å². The highest BCUT2D eigenvalue weighted by Gasteiger charge is 2.30. The number of carbonyl (C=O) groups is 1. The van der Waals surface area contributed by atoms with Gasteiger partial charge in [-0.2, -0.15) is 4.31 Å². The van der Waals surface area contributed by atoms with Crippen LogP contribution < -0.4 is 10.1 Å². The molecule has 0 bridgehead atoms. The van der Waals surface area contributed by atoms with Crippen molar-refractivity contribution in [1.29, 1.82) is 0 Å². The standard InChI is InChI=1S/C19H20ClFN2O4S/c1-13-4-6-15(21)11-16(13)22-19(24)12-27-17-7-5-14(20)10-18(17)28(25,26)23-8-2-3-9-23/h4-7,10-11H,2-3,8-9,12H2,1H3,(H,22,24). The molecule has 1 amide bonds. The molecular weight excluding hydrogens is 407 g/mol. The summed E-state index contributed by atoms with van der Waals surface area (Å²) < 4.78 is 45.9. The summed E-state index contributed by atoms with van der Waals surface area (Å²) in [5, 5.41) is 2.81. The van der Waals surface area contributed by atoms with Crippen LogP contribution in [-0.4, -0.2) is 38.3 Å². The number of amides is 1. The molecule has 0 spiro atoms. The van der Waals surface area contributed by atoms with E-state index in [1.54, 1.807) is 13.0 Å². The van der Waals surface area contributed by atoms with E-state index in [0.717, 1.165) is 12.8 Å². The molecule has 6 nitrogen and oxygen atoms in total. The maximum atomic E-state index is 13.4. The van der Waals surface area contributed by atoms with Crippen molar-refractivity contribution in [1.82, 2.24) is 4.31 Å². The Labute approximate surface area is 168 Å². The minimum atomic E-state index is -3.77. The second-order valence-electron chi connectivity index (χ2n) is 6.50. The van der Waals surface area contributed by atoms with Crippen molar-refractivity contribution < 1.29 is 22.3 Å². The first kappa shape index (κ1) is 20.6. The SMILES string of the molecule is Cc1ccc(F)cc1NC(=O)COc1ccc(Cl)cc1S(=O)(=O)N1CCCC1. The van der Waals surface area contributed by atoms with E-state index in [0.29, 0.717) is 24.3 Å². The number of sulfonamides is 1. The molecule has 0 atom stereocenters. The van der Waals surface area contributed by atoms with Crippen LogP contribution in [0.15, 0.2) is 41.3 Å². The zero-order valence-corrected chi connectivity index (χ0v) is 16.8. The average molecular weight is 427 g/mol. The van der Waals surface area contributed by atoms with Crippen LogP contribution in [0.4, 0.5) is 10.1 Å². The number of nitrogens with zero attached hydrogens (tertiary/aromatic N) is 1. The Balaban J connectivity index is 1.75. The molecule has 2 aromatic carbocycles. The fourth-order valence-corrected chi connectivity index (χ4v) is 4.84. The highest BCUT2D eigenvalue weighted by molar-refractivity contribution is 7.89. The van der Waals surface area contributed by atoms with Crippen LogP contribution in [0.2, 0.25) is 5.02 Å². The molecular formula is C19H20ClFN2O4S. The first-order valence-electron chi connectivity index (χ1n) is 8.76. The minimum Gasteiger partial charge on any atom is -0.482 e. The van der Waals surface area contributed by atoms with Gasteiger partial charge in [-0.15, -0.1) is 0 Å². The Hall–Kier alpha value is -2.16. The lowest BCUT2D eigenvalue weighted by Crippen LogP contribution is -2.29. The van der Waals surface area contributed by atoms with Crippen molar-refractivity contribution in [3.63, 3.8) is 0 Å². The third-order valence-electron chi connectivity index (χ3n) is 4.42. The third-order valence-corrected chi connectivity index (χ3v) is 6.58. The Morgan fingerprint density at radius 2 is 1.93 bits per heavy atom. The second kappa shape index (κ2) is 8.46. The molecule has 28 heavy (non-hydrogen) atoms. The fraction of sp³-hybridized carbons (Fsp3) is 0.316. The molecule has 1 fully saturated rings. The molecule has 0 aromatic heterocycles. The highest BCUT2D eigenvalue weighted by atomic mass is 35.5. The van der Waals surface area contributed by atoms with Gasteiger partial charge in [0.05, 0.1) is 0 Å². The predicted octanol–water partition coefficient (Wildman–Crippen LogP) is 3.59. The van der Waals surface area contributed by atoms with Crippen molar-refractivity contribution in [3.8, 4) is 5.75 Å². The average Bonchev–Trinajstić information content (AvgIpc) is 3.19. The summed E-state index contributed by atoms with van der Waals surface area (Å²) in [6.07, 6.45) is 1.59. The Kier molecular flexibility index (Phi) is 6.22. The van der Waals surface area contributed by atoms with Gasteiger partial charge in [0.15, 0.2) is 6.61 Å². The molecule has 0 aliphatic carbocycles. The Bertz CT molecular complexity index is 991. The van der Waals surface area contributed by atoms with Crippen LogP contribution in [0.3, 0.4) is 0 Å². The van der Waals surface area contributed by atoms with Gasteiger partial charge in [0, 0.05) is 23.8 Å². The summed E-state index contributed by atoms with van der Waals surface area (Å²) in [6.45, 7) is 2.18. The van der Waals surface area contributed by atoms with Crippen LogP contribution in [-0.2, 0) is 14.8 Å². The van der Waals surface area contributed by atoms with Crippen molar-refractivity contribution in [2.24, 2.45) is 0 Å². The number of aryl methyl sites for hydroxylation is 1. The fourth-order valence-electron chi connectivity index (χ4n) is 2.93. The molecule has 1 heterocycles. The number of hydrogen-bond donors (Lipinski definition) is 1. The quantitative estimate of drug-likeness (QED) is 0.765. The number of carbonyl (C=O) groups excluding carboxylic acids is 1. The molecule has 2 aromatic rings. The van der Waals surface area contributed by atoms with Gasteiger partial charge >= 0.3 is 0 Å². The van der Waals surface area contributed by atoms with E-state index in [9.17, 15) is 17.6 Å². The van der Waals surface area contributed by atoms with E-state index >= 15 is 0 Å². The highest BCUT2D eigenvalue weighted by Crippen LogP contribution is 2.31. The van der Waals surface area contributed by atoms with Gasteiger partial charge in [0.1, 0.15) is 16.5 Å². The monoisotopic (exact) mass is 426 g/mol. The summed E-state index contributed by atoms with van der Waals surface area (Å²) >= 11 is 5.98. The molecule has 0 unspecified atom stereocenters. The van der Waals surface area contributed by atoms with E-state index in [1.165, 1.54) is 34.6 Å². The van der Waals surface area contributed by atoms with Crippen LogP contribution in [0.1, 0.15) is 18.4 Å². The predicted molar refractivity (Wildman–Crippen MR) is 105 cm³/mol. The number of anilines is 1. The summed E-state index contributed by atoms with van der Waals surface area (Å²) in [6, 6.07) is 8.29. The number of ether oxygens (including phenoxy) is 1. The van der Waals surface area contributed by atoms with Crippen molar-refractivity contribution in [2.75, 3.05) is 25.0 Å². The second-order valence-corrected chi connectivity index (χ2v) is 8.84. The van der Waals surface area contributed by atoms with E-state index in [-0.39, 0.29) is 15.7 Å². The molecule has 1 aliphatic rings. The van der Waals surface area contributed by atoms with Gasteiger partial charge in [-0.1, -0.05) is 17.7 Å². The largest absolute Gasteiger partial charge is 0.482 e. The van der Waals surface area contributed by atoms with E-state index in [4.69, 9.17) is 16.3 Å². The molecule has 1 aliphatic heterocycles. The van der Waals surface area contributed by atoms with Gasteiger partial charge in [0.25, 0.3) is 5.91 Å². The first-order chi connectivity index (χ1) is 13.3. The van der Waals surface area contributed by atoms with Crippen molar-refractivity contribution in [3.05, 3.63) is 52.8 Å². The van der Waals surface area contributed by atoms with Crippen LogP contribution >= 0.6 is 11.6 Å². The van der Waals surface area contributed by atoms with Gasteiger partial charge in [-0.05, 0) is 55.7 Å². The van der Waals surface area contributed by atoms with Gasteiger partial charge in [0.2, 0.25) is 10.0 Å². The van der Waals surface area contributed by atoms with Gasteiger partial charge in [-0.25, -0.2) is 12.8 Å². The molecule has 150 valence electrons. The van der Waals surface area contributed by atoms with Gasteiger partial charge in [-0.3, -0.25) is 4.79 Å². The lowest BCUT2D eigenvalue weighted by Gasteiger charge is -2.18. The zero-order chi connectivity index (χ0) is 20.3. The third kappa shape index (κ3) is 4.63. The van der Waals surface area contributed by atoms with Crippen LogP contribution in [0, 0.1) is 12.7 Å². The number of benzene rings is 2. The lowest BCUT2D eigenvalue weighted by atomic mass is 10.2. The topological polar surface area (TPSA) is 75.7 Å². The van der Waals surface area contributed by atoms with Crippen LogP contribution in [0.25, 0.3) is 0 Å². The Morgan fingerprint density at radius 3 is 2.64 bits per heavy atom. The number of rotatable bonds is 6. The minimum absolute atomic E-state index is 0.0439. The zero-order valence-electron chi connectivity index (χ0n) is 15.2. The summed E-state index contributed by atoms with van der Waals surface area (Å²) in [4.78, 5) is 12.1. The number of hydrogen-bond acceptors (Lipinski definition) is 4. The molecule has 0 radical (unpaired) electrons. The maximum absolute atomic E-state index is 13.4. The number of halogens is 2. The maximum Gasteiger partial charge on any atom is 0.262 e. The van der Waals surface area contributed by atoms with Crippen molar-refractivity contribution in [2.45, 2.75) is 24.7 Å². The van der Waals surface area contributed by atoms with Crippen molar-refractivity contribution >= 4 is 33.2 Å². The molecule has 0 saturated carbocycles. The first-order valence-corrected chi connectivity index (χ1v) is 10.6. The summed E-state index contributed by atoms with van der Waals surface area (Å²) in [5.74, 6) is -0.964. The smallest absolute Gasteiger partial charge is 0.262 e. The summed E-state index contributed by atoms with van der Waals surface area (Å²) in [5.41, 5.74) is 1.02. The normalized spacial score (nSPS) is 14.8. The summed E-state index contributed by atoms with van der Waals surface area (Å²) in [7, 11) is -3.77. The lowest BCUT2D eigenvalue weighted by molar-refractivity contribution is -0.118. The number of nitrogens with one attached hydrogen (secondary N) is 1. The van der Waals surface area contributed by atoms with Crippen LogP contribution in [0.5, 0.6) is 5.75 Å². The van der Waals surface area contributed by atoms with E-state index < -0.39 is 28.4 Å².